The molecule has 1 aromatic heterocycles. The number of fused-ring (bicyclic) bond motifs is 1. The van der Waals surface area contributed by atoms with Crippen molar-refractivity contribution >= 4 is 33.5 Å². The monoisotopic (exact) mass is 333 g/mol. The van der Waals surface area contributed by atoms with Crippen molar-refractivity contribution in [2.24, 2.45) is 0 Å². The third-order valence-corrected chi connectivity index (χ3v) is 4.73. The van der Waals surface area contributed by atoms with Gasteiger partial charge in [0.15, 0.2) is 5.82 Å². The van der Waals surface area contributed by atoms with Crippen molar-refractivity contribution in [3.8, 4) is 0 Å². The zero-order valence-corrected chi connectivity index (χ0v) is 14.9. The first-order valence-corrected chi connectivity index (χ1v) is 8.71. The SMILES string of the molecule is CC1CN(C(=O)OC(C)(C)C)CCN1c1nsc2ccccc12. The number of hydrogen-bond acceptors (Lipinski definition) is 5. The van der Waals surface area contributed by atoms with E-state index in [0.29, 0.717) is 13.1 Å². The molecule has 0 radical (unpaired) electrons. The number of nitrogens with zero attached hydrogens (tertiary/aromatic N) is 3. The lowest BCUT2D eigenvalue weighted by Gasteiger charge is -2.40. The van der Waals surface area contributed by atoms with Crippen LogP contribution in [0.25, 0.3) is 10.1 Å². The minimum atomic E-state index is -0.456. The lowest BCUT2D eigenvalue weighted by atomic mass is 10.1. The summed E-state index contributed by atoms with van der Waals surface area (Å²) in [7, 11) is 0. The van der Waals surface area contributed by atoms with Crippen LogP contribution in [0.1, 0.15) is 27.7 Å². The van der Waals surface area contributed by atoms with Gasteiger partial charge in [0.1, 0.15) is 5.60 Å². The summed E-state index contributed by atoms with van der Waals surface area (Å²) in [6.07, 6.45) is -0.230. The summed E-state index contributed by atoms with van der Waals surface area (Å²) in [5.74, 6) is 1.03. The van der Waals surface area contributed by atoms with Crippen molar-refractivity contribution in [2.45, 2.75) is 39.3 Å². The van der Waals surface area contributed by atoms with E-state index in [2.05, 4.69) is 28.3 Å². The largest absolute Gasteiger partial charge is 0.444 e. The van der Waals surface area contributed by atoms with Gasteiger partial charge in [-0.05, 0) is 51.4 Å². The predicted molar refractivity (Wildman–Crippen MR) is 94.2 cm³/mol. The Hall–Kier alpha value is -1.82. The van der Waals surface area contributed by atoms with Gasteiger partial charge in [0.2, 0.25) is 0 Å². The molecule has 6 heteroatoms. The Kier molecular flexibility index (Phi) is 4.19. The highest BCUT2D eigenvalue weighted by atomic mass is 32.1. The Balaban J connectivity index is 1.73. The van der Waals surface area contributed by atoms with Gasteiger partial charge in [0.25, 0.3) is 0 Å². The lowest BCUT2D eigenvalue weighted by Crippen LogP contribution is -2.54. The molecule has 1 aliphatic rings. The van der Waals surface area contributed by atoms with Crippen LogP contribution in [0, 0.1) is 0 Å². The first-order valence-electron chi connectivity index (χ1n) is 7.94. The predicted octanol–water partition coefficient (Wildman–Crippen LogP) is 3.74. The molecule has 3 rings (SSSR count). The molecule has 2 aromatic rings. The molecule has 2 heterocycles. The van der Waals surface area contributed by atoms with Gasteiger partial charge in [0, 0.05) is 31.1 Å². The normalized spacial score (nSPS) is 19.2. The molecule has 1 atom stereocenters. The van der Waals surface area contributed by atoms with Gasteiger partial charge in [-0.3, -0.25) is 0 Å². The number of anilines is 1. The zero-order valence-electron chi connectivity index (χ0n) is 14.1. The zero-order chi connectivity index (χ0) is 16.6. The van der Waals surface area contributed by atoms with Gasteiger partial charge in [-0.15, -0.1) is 0 Å². The van der Waals surface area contributed by atoms with E-state index in [-0.39, 0.29) is 12.1 Å². The molecule has 0 saturated carbocycles. The fourth-order valence-corrected chi connectivity index (χ4v) is 3.63. The molecule has 1 aromatic carbocycles. The summed E-state index contributed by atoms with van der Waals surface area (Å²) in [4.78, 5) is 16.3. The maximum atomic E-state index is 12.2. The Morgan fingerprint density at radius 3 is 2.74 bits per heavy atom. The second-order valence-electron chi connectivity index (χ2n) is 6.97. The molecule has 0 bridgehead atoms. The summed E-state index contributed by atoms with van der Waals surface area (Å²) in [6, 6.07) is 8.50. The van der Waals surface area contributed by atoms with Crippen LogP contribution in [0.5, 0.6) is 0 Å². The Morgan fingerprint density at radius 1 is 1.30 bits per heavy atom. The van der Waals surface area contributed by atoms with Crippen LogP contribution in [-0.4, -0.2) is 46.6 Å². The standard InChI is InChI=1S/C17H23N3O2S/c1-12-11-19(16(21)22-17(2,3)4)9-10-20(12)15-13-7-5-6-8-14(13)23-18-15/h5-8,12H,9-11H2,1-4H3. The molecule has 0 spiro atoms. The van der Waals surface area contributed by atoms with Crippen LogP contribution in [0.3, 0.4) is 0 Å². The topological polar surface area (TPSA) is 45.7 Å². The second kappa shape index (κ2) is 6.00. The van der Waals surface area contributed by atoms with Crippen LogP contribution in [0.15, 0.2) is 24.3 Å². The number of hydrogen-bond donors (Lipinski definition) is 0. The second-order valence-corrected chi connectivity index (χ2v) is 7.78. The quantitative estimate of drug-likeness (QED) is 0.797. The Labute approximate surface area is 141 Å². The number of ether oxygens (including phenoxy) is 1. The lowest BCUT2D eigenvalue weighted by molar-refractivity contribution is 0.0218. The summed E-state index contributed by atoms with van der Waals surface area (Å²) in [6.45, 7) is 9.90. The van der Waals surface area contributed by atoms with E-state index in [4.69, 9.17) is 4.74 Å². The number of rotatable bonds is 1. The summed E-state index contributed by atoms with van der Waals surface area (Å²) >= 11 is 1.53. The van der Waals surface area contributed by atoms with Crippen molar-refractivity contribution in [3.05, 3.63) is 24.3 Å². The maximum Gasteiger partial charge on any atom is 0.410 e. The van der Waals surface area contributed by atoms with Gasteiger partial charge in [-0.1, -0.05) is 12.1 Å². The van der Waals surface area contributed by atoms with E-state index in [1.54, 1.807) is 4.90 Å². The number of amides is 1. The van der Waals surface area contributed by atoms with E-state index < -0.39 is 5.60 Å². The minimum absolute atomic E-state index is 0.210. The van der Waals surface area contributed by atoms with E-state index in [9.17, 15) is 4.79 Å². The van der Waals surface area contributed by atoms with Gasteiger partial charge in [-0.25, -0.2) is 4.79 Å². The number of aromatic nitrogens is 1. The summed E-state index contributed by atoms with van der Waals surface area (Å²) in [5.41, 5.74) is -0.456. The van der Waals surface area contributed by atoms with Crippen molar-refractivity contribution < 1.29 is 9.53 Å². The highest BCUT2D eigenvalue weighted by molar-refractivity contribution is 7.13. The molecule has 1 unspecified atom stereocenters. The van der Waals surface area contributed by atoms with Gasteiger partial charge < -0.3 is 14.5 Å². The maximum absolute atomic E-state index is 12.2. The third kappa shape index (κ3) is 3.42. The molecule has 0 N–H and O–H groups in total. The molecular formula is C17H23N3O2S. The number of carbonyl (C=O) groups is 1. The molecular weight excluding hydrogens is 310 g/mol. The summed E-state index contributed by atoms with van der Waals surface area (Å²) in [5, 5.41) is 1.19. The van der Waals surface area contributed by atoms with E-state index in [1.807, 2.05) is 32.9 Å². The first-order chi connectivity index (χ1) is 10.8. The molecule has 0 aliphatic carbocycles. The molecule has 1 aliphatic heterocycles. The average molecular weight is 333 g/mol. The molecule has 5 nitrogen and oxygen atoms in total. The van der Waals surface area contributed by atoms with Gasteiger partial charge >= 0.3 is 6.09 Å². The van der Waals surface area contributed by atoms with Crippen LogP contribution in [0.2, 0.25) is 0 Å². The number of carbonyl (C=O) groups excluding carboxylic acids is 1. The van der Waals surface area contributed by atoms with Crippen LogP contribution < -0.4 is 4.90 Å². The van der Waals surface area contributed by atoms with Gasteiger partial charge in [-0.2, -0.15) is 4.37 Å². The smallest absolute Gasteiger partial charge is 0.410 e. The average Bonchev–Trinajstić information content (AvgIpc) is 2.89. The van der Waals surface area contributed by atoms with Crippen LogP contribution in [0.4, 0.5) is 10.6 Å². The highest BCUT2D eigenvalue weighted by Gasteiger charge is 2.31. The Bertz CT molecular complexity index is 707. The number of piperazine rings is 1. The Morgan fingerprint density at radius 2 is 2.04 bits per heavy atom. The van der Waals surface area contributed by atoms with E-state index >= 15 is 0 Å². The van der Waals surface area contributed by atoms with E-state index in [0.717, 1.165) is 12.4 Å². The molecule has 23 heavy (non-hydrogen) atoms. The molecule has 124 valence electrons. The molecule has 1 amide bonds. The molecule has 1 fully saturated rings. The summed E-state index contributed by atoms with van der Waals surface area (Å²) < 4.78 is 11.3. The third-order valence-electron chi connectivity index (χ3n) is 3.91. The van der Waals surface area contributed by atoms with Crippen LogP contribution >= 0.6 is 11.5 Å². The fraction of sp³-hybridized carbons (Fsp3) is 0.529. The van der Waals surface area contributed by atoms with Crippen molar-refractivity contribution in [2.75, 3.05) is 24.5 Å². The van der Waals surface area contributed by atoms with Crippen molar-refractivity contribution in [1.82, 2.24) is 9.27 Å². The minimum Gasteiger partial charge on any atom is -0.444 e. The highest BCUT2D eigenvalue weighted by Crippen LogP contribution is 2.31. The fourth-order valence-electron chi connectivity index (χ4n) is 2.84. The number of benzene rings is 1. The molecule has 1 saturated heterocycles. The first kappa shape index (κ1) is 16.1. The van der Waals surface area contributed by atoms with Gasteiger partial charge in [0.05, 0.1) is 4.70 Å². The van der Waals surface area contributed by atoms with Crippen molar-refractivity contribution in [1.29, 1.82) is 0 Å². The van der Waals surface area contributed by atoms with Crippen molar-refractivity contribution in [3.63, 3.8) is 0 Å². The van der Waals surface area contributed by atoms with Crippen LogP contribution in [-0.2, 0) is 4.74 Å². The van der Waals surface area contributed by atoms with E-state index in [1.165, 1.54) is 21.6 Å².